The fraction of sp³-hybridized carbons (Fsp3) is 0.464. The lowest BCUT2D eigenvalue weighted by atomic mass is 9.26. The van der Waals surface area contributed by atoms with Gasteiger partial charge in [0.25, 0.3) is 0 Å². The van der Waals surface area contributed by atoms with Gasteiger partial charge < -0.3 is 9.64 Å². The van der Waals surface area contributed by atoms with E-state index in [1.54, 1.807) is 0 Å². The first-order valence-corrected chi connectivity index (χ1v) is 22.8. The van der Waals surface area contributed by atoms with Crippen molar-refractivity contribution < 1.29 is 4.74 Å². The maximum absolute atomic E-state index is 7.07. The molecule has 4 saturated carbocycles. The monoisotopic (exact) mass is 763 g/mol. The Labute approximate surface area is 347 Å². The van der Waals surface area contributed by atoms with Crippen LogP contribution in [-0.4, -0.2) is 0 Å². The third kappa shape index (κ3) is 4.46. The highest BCUT2D eigenvalue weighted by Crippen LogP contribution is 2.89. The molecule has 2 nitrogen and oxygen atoms in total. The van der Waals surface area contributed by atoms with E-state index in [9.17, 15) is 0 Å². The lowest BCUT2D eigenvalue weighted by molar-refractivity contribution is -0.235. The second kappa shape index (κ2) is 11.3. The zero-order valence-electron chi connectivity index (χ0n) is 36.1. The number of hydrogen-bond donors (Lipinski definition) is 0. The highest BCUT2D eigenvalue weighted by atomic mass is 16.5. The van der Waals surface area contributed by atoms with Crippen molar-refractivity contribution in [1.29, 1.82) is 0 Å². The number of ether oxygens (including phenoxy) is 1. The summed E-state index contributed by atoms with van der Waals surface area (Å²) in [6, 6.07) is 40.5. The van der Waals surface area contributed by atoms with Crippen LogP contribution < -0.4 is 9.64 Å². The van der Waals surface area contributed by atoms with E-state index in [1.807, 2.05) is 0 Å². The SMILES string of the molecule is CC1(C)CCC(C)(C)c2cc(N(c3ccc4c(c3)C(C)(C)CCC4(C)C)c3ccc4c(c3)C3(c5cc(-c6ccccc6)ccc5O4)C4CC5CC6CC3C64C5)ccc21. The molecule has 12 rings (SSSR count). The Bertz CT molecular complexity index is 2480. The minimum atomic E-state index is -0.0230. The van der Waals surface area contributed by atoms with Crippen molar-refractivity contribution in [3.63, 3.8) is 0 Å². The zero-order chi connectivity index (χ0) is 39.8. The summed E-state index contributed by atoms with van der Waals surface area (Å²) in [5, 5.41) is 0. The molecule has 0 amide bonds. The maximum Gasteiger partial charge on any atom is 0.131 e. The molecule has 58 heavy (non-hydrogen) atoms. The molecule has 6 unspecified atom stereocenters. The molecule has 6 atom stereocenters. The van der Waals surface area contributed by atoms with Crippen LogP contribution in [0.5, 0.6) is 11.5 Å². The minimum absolute atomic E-state index is 0.0230. The van der Waals surface area contributed by atoms with E-state index in [2.05, 4.69) is 163 Å². The number of rotatable bonds is 4. The molecule has 2 spiro atoms. The first-order chi connectivity index (χ1) is 27.6. The summed E-state index contributed by atoms with van der Waals surface area (Å²) in [6.07, 6.45) is 10.5. The van der Waals surface area contributed by atoms with Gasteiger partial charge in [0, 0.05) is 33.6 Å². The summed E-state index contributed by atoms with van der Waals surface area (Å²) in [7, 11) is 0. The zero-order valence-corrected chi connectivity index (χ0v) is 36.1. The summed E-state index contributed by atoms with van der Waals surface area (Å²) >= 11 is 0. The van der Waals surface area contributed by atoms with Crippen LogP contribution in [0.3, 0.4) is 0 Å². The normalized spacial score (nSPS) is 31.4. The van der Waals surface area contributed by atoms with Crippen LogP contribution >= 0.6 is 0 Å². The van der Waals surface area contributed by atoms with Crippen LogP contribution in [0, 0.1) is 29.1 Å². The van der Waals surface area contributed by atoms with E-state index in [1.165, 1.54) is 113 Å². The van der Waals surface area contributed by atoms with Gasteiger partial charge in [0.15, 0.2) is 0 Å². The quantitative estimate of drug-likeness (QED) is 0.181. The summed E-state index contributed by atoms with van der Waals surface area (Å²) in [6.45, 7) is 19.6. The highest BCUT2D eigenvalue weighted by molar-refractivity contribution is 5.81. The molecule has 7 aliphatic rings. The van der Waals surface area contributed by atoms with Crippen molar-refractivity contribution in [2.75, 3.05) is 4.90 Å². The van der Waals surface area contributed by atoms with Gasteiger partial charge in [-0.05, 0) is 190 Å². The fourth-order valence-electron chi connectivity index (χ4n) is 14.9. The third-order valence-corrected chi connectivity index (χ3v) is 18.1. The Balaban J connectivity index is 1.08. The van der Waals surface area contributed by atoms with Gasteiger partial charge in [0.1, 0.15) is 11.5 Å². The van der Waals surface area contributed by atoms with Gasteiger partial charge >= 0.3 is 0 Å². The van der Waals surface area contributed by atoms with E-state index < -0.39 is 0 Å². The van der Waals surface area contributed by atoms with Crippen molar-refractivity contribution in [2.45, 2.75) is 134 Å². The van der Waals surface area contributed by atoms with Gasteiger partial charge in [-0.1, -0.05) is 104 Å². The number of hydrogen-bond acceptors (Lipinski definition) is 2. The van der Waals surface area contributed by atoms with E-state index in [0.29, 0.717) is 17.3 Å². The van der Waals surface area contributed by atoms with Crippen LogP contribution in [0.25, 0.3) is 11.1 Å². The molecule has 0 N–H and O–H groups in total. The Hall–Kier alpha value is -4.30. The summed E-state index contributed by atoms with van der Waals surface area (Å²) < 4.78 is 7.07. The van der Waals surface area contributed by atoms with Gasteiger partial charge in [0.05, 0.1) is 0 Å². The molecule has 0 saturated heterocycles. The predicted molar refractivity (Wildman–Crippen MR) is 239 cm³/mol. The second-order valence-electron chi connectivity index (χ2n) is 22.8. The van der Waals surface area contributed by atoms with Gasteiger partial charge in [-0.25, -0.2) is 0 Å². The van der Waals surface area contributed by atoms with E-state index in [4.69, 9.17) is 4.74 Å². The van der Waals surface area contributed by atoms with Crippen molar-refractivity contribution in [1.82, 2.24) is 0 Å². The second-order valence-corrected chi connectivity index (χ2v) is 22.8. The van der Waals surface area contributed by atoms with Crippen LogP contribution in [0.2, 0.25) is 0 Å². The molecule has 5 aromatic rings. The number of fused-ring (bicyclic) bond motifs is 9. The topological polar surface area (TPSA) is 12.5 Å². The molecule has 2 heteroatoms. The molecule has 2 bridgehead atoms. The molecular formula is C56H61NO. The van der Waals surface area contributed by atoms with Crippen LogP contribution in [0.4, 0.5) is 17.1 Å². The Morgan fingerprint density at radius 1 is 0.466 bits per heavy atom. The van der Waals surface area contributed by atoms with Crippen molar-refractivity contribution >= 4 is 17.1 Å². The van der Waals surface area contributed by atoms with Gasteiger partial charge in [0.2, 0.25) is 0 Å². The first kappa shape index (κ1) is 35.6. The van der Waals surface area contributed by atoms with E-state index in [0.717, 1.165) is 23.3 Å². The summed E-state index contributed by atoms with van der Waals surface area (Å²) in [5.74, 6) is 5.32. The molecule has 0 radical (unpaired) electrons. The van der Waals surface area contributed by atoms with Gasteiger partial charge in [-0.2, -0.15) is 0 Å². The van der Waals surface area contributed by atoms with Crippen molar-refractivity contribution in [3.8, 4) is 22.6 Å². The molecule has 5 aromatic carbocycles. The molecular weight excluding hydrogens is 703 g/mol. The fourth-order valence-corrected chi connectivity index (χ4v) is 14.9. The predicted octanol–water partition coefficient (Wildman–Crippen LogP) is 15.0. The maximum atomic E-state index is 7.07. The molecule has 1 aliphatic heterocycles. The average molecular weight is 764 g/mol. The Morgan fingerprint density at radius 2 is 0.966 bits per heavy atom. The molecule has 4 fully saturated rings. The van der Waals surface area contributed by atoms with Crippen LogP contribution in [0.15, 0.2) is 103 Å². The highest BCUT2D eigenvalue weighted by Gasteiger charge is 2.84. The minimum Gasteiger partial charge on any atom is -0.457 e. The van der Waals surface area contributed by atoms with Crippen molar-refractivity contribution in [2.24, 2.45) is 29.1 Å². The lowest BCUT2D eigenvalue weighted by Crippen LogP contribution is -2.74. The standard InChI is InChI=1S/C56H61NO/c1-51(2)22-24-53(5,6)43-30-38(15-18-41(43)51)57(39-16-19-42-44(31-39)54(7,8)25-23-52(42,3)4)40-17-21-48-46(32-40)56(49-27-34-26-37-29-50(56)55(37,49)33-34)45-28-36(14-20-47(45)58-48)35-12-10-9-11-13-35/h9-21,28,30-32,34,37,49-50H,22-27,29,33H2,1-8H3. The van der Waals surface area contributed by atoms with Crippen LogP contribution in [0.1, 0.15) is 140 Å². The summed E-state index contributed by atoms with van der Waals surface area (Å²) in [5.41, 5.74) is 16.4. The molecule has 0 aromatic heterocycles. The third-order valence-electron chi connectivity index (χ3n) is 18.1. The number of benzene rings is 5. The van der Waals surface area contributed by atoms with E-state index >= 15 is 0 Å². The molecule has 6 aliphatic carbocycles. The Morgan fingerprint density at radius 3 is 1.55 bits per heavy atom. The van der Waals surface area contributed by atoms with Gasteiger partial charge in [-0.3, -0.25) is 0 Å². The van der Waals surface area contributed by atoms with Crippen LogP contribution in [-0.2, 0) is 27.1 Å². The number of nitrogens with zero attached hydrogens (tertiary/aromatic N) is 1. The lowest BCUT2D eigenvalue weighted by Gasteiger charge is -2.77. The smallest absolute Gasteiger partial charge is 0.131 e. The Kier molecular flexibility index (Phi) is 6.93. The number of anilines is 3. The molecule has 1 heterocycles. The average Bonchev–Trinajstić information content (AvgIpc) is 3.74. The van der Waals surface area contributed by atoms with E-state index in [-0.39, 0.29) is 27.1 Å². The summed E-state index contributed by atoms with van der Waals surface area (Å²) in [4.78, 5) is 2.62. The van der Waals surface area contributed by atoms with Gasteiger partial charge in [-0.15, -0.1) is 0 Å². The van der Waals surface area contributed by atoms with Crippen molar-refractivity contribution in [3.05, 3.63) is 137 Å². The largest absolute Gasteiger partial charge is 0.457 e. The first-order valence-electron chi connectivity index (χ1n) is 22.8. The molecule has 296 valence electrons.